The molecule has 0 saturated carbocycles. The first-order chi connectivity index (χ1) is 9.56. The normalized spacial score (nSPS) is 15.3. The van der Waals surface area contributed by atoms with Crippen molar-refractivity contribution in [2.75, 3.05) is 11.4 Å². The summed E-state index contributed by atoms with van der Waals surface area (Å²) in [6, 6.07) is 7.81. The van der Waals surface area contributed by atoms with E-state index in [2.05, 4.69) is 5.32 Å². The second kappa shape index (κ2) is 6.37. The minimum atomic E-state index is -0.0983. The van der Waals surface area contributed by atoms with Crippen molar-refractivity contribution in [3.8, 4) is 0 Å². The van der Waals surface area contributed by atoms with Gasteiger partial charge >= 0.3 is 0 Å². The second-order valence-corrected chi connectivity index (χ2v) is 5.24. The zero-order chi connectivity index (χ0) is 14.5. The molecule has 1 aromatic rings. The summed E-state index contributed by atoms with van der Waals surface area (Å²) in [4.78, 5) is 24.9. The van der Waals surface area contributed by atoms with Gasteiger partial charge in [0, 0.05) is 30.8 Å². The van der Waals surface area contributed by atoms with Crippen LogP contribution in [-0.4, -0.2) is 24.4 Å². The maximum atomic E-state index is 11.6. The molecule has 0 atom stereocenters. The molecule has 1 aliphatic rings. The lowest BCUT2D eigenvalue weighted by Gasteiger charge is -2.15. The van der Waals surface area contributed by atoms with Crippen molar-refractivity contribution in [3.05, 3.63) is 35.9 Å². The van der Waals surface area contributed by atoms with Gasteiger partial charge in [0.2, 0.25) is 11.8 Å². The number of carbonyl (C=O) groups excluding carboxylic acids is 2. The zero-order valence-electron chi connectivity index (χ0n) is 11.9. The summed E-state index contributed by atoms with van der Waals surface area (Å²) in [5.41, 5.74) is 1.87. The molecule has 0 spiro atoms. The van der Waals surface area contributed by atoms with Crippen molar-refractivity contribution in [3.63, 3.8) is 0 Å². The Morgan fingerprint density at radius 3 is 2.55 bits per heavy atom. The molecule has 20 heavy (non-hydrogen) atoms. The molecule has 4 heteroatoms. The van der Waals surface area contributed by atoms with E-state index in [9.17, 15) is 9.59 Å². The van der Waals surface area contributed by atoms with E-state index in [4.69, 9.17) is 0 Å². The predicted octanol–water partition coefficient (Wildman–Crippen LogP) is 2.35. The van der Waals surface area contributed by atoms with Crippen LogP contribution in [0.2, 0.25) is 0 Å². The fourth-order valence-corrected chi connectivity index (χ4v) is 2.19. The molecular weight excluding hydrogens is 252 g/mol. The summed E-state index contributed by atoms with van der Waals surface area (Å²) in [6.45, 7) is 4.64. The van der Waals surface area contributed by atoms with Crippen molar-refractivity contribution in [1.82, 2.24) is 5.32 Å². The number of amides is 2. The van der Waals surface area contributed by atoms with E-state index in [1.54, 1.807) is 11.0 Å². The number of hydrogen-bond donors (Lipinski definition) is 1. The minimum absolute atomic E-state index is 0.0983. The number of rotatable bonds is 4. The Labute approximate surface area is 119 Å². The third-order valence-electron chi connectivity index (χ3n) is 3.14. The van der Waals surface area contributed by atoms with Gasteiger partial charge in [0.15, 0.2) is 0 Å². The highest BCUT2D eigenvalue weighted by atomic mass is 16.2. The Balaban J connectivity index is 1.99. The van der Waals surface area contributed by atoms with Crippen LogP contribution in [0.3, 0.4) is 0 Å². The molecule has 1 aromatic carbocycles. The molecule has 106 valence electrons. The largest absolute Gasteiger partial charge is 0.350 e. The zero-order valence-corrected chi connectivity index (χ0v) is 11.9. The quantitative estimate of drug-likeness (QED) is 0.855. The summed E-state index contributed by atoms with van der Waals surface area (Å²) in [5, 5.41) is 2.80. The van der Waals surface area contributed by atoms with Gasteiger partial charge in [-0.15, -0.1) is 0 Å². The fourth-order valence-electron chi connectivity index (χ4n) is 2.19. The first kappa shape index (κ1) is 14.3. The van der Waals surface area contributed by atoms with Gasteiger partial charge in [-0.25, -0.2) is 0 Å². The molecule has 1 saturated heterocycles. The molecule has 0 aliphatic carbocycles. The number of benzene rings is 1. The maximum absolute atomic E-state index is 11.6. The van der Waals surface area contributed by atoms with Gasteiger partial charge < -0.3 is 10.2 Å². The van der Waals surface area contributed by atoms with E-state index >= 15 is 0 Å². The van der Waals surface area contributed by atoms with Crippen LogP contribution in [-0.2, 0) is 9.59 Å². The topological polar surface area (TPSA) is 49.4 Å². The molecule has 2 amide bonds. The highest BCUT2D eigenvalue weighted by molar-refractivity contribution is 5.95. The molecule has 0 unspecified atom stereocenters. The molecule has 0 bridgehead atoms. The third kappa shape index (κ3) is 3.70. The minimum Gasteiger partial charge on any atom is -0.350 e. The van der Waals surface area contributed by atoms with Gasteiger partial charge in [0.25, 0.3) is 0 Å². The van der Waals surface area contributed by atoms with Crippen LogP contribution in [0.1, 0.15) is 32.3 Å². The van der Waals surface area contributed by atoms with Crippen molar-refractivity contribution in [2.45, 2.75) is 32.7 Å². The van der Waals surface area contributed by atoms with E-state index in [1.165, 1.54) is 6.08 Å². The van der Waals surface area contributed by atoms with Crippen LogP contribution >= 0.6 is 0 Å². The average Bonchev–Trinajstić information content (AvgIpc) is 2.82. The standard InChI is InChI=1S/C16H20N2O2/c1-12(2)17-15(19)10-7-13-5-8-14(9-6-13)18-11-3-4-16(18)20/h5-10,12H,3-4,11H2,1-2H3,(H,17,19)/b10-7+. The Bertz CT molecular complexity index is 518. The van der Waals surface area contributed by atoms with Crippen LogP contribution < -0.4 is 10.2 Å². The van der Waals surface area contributed by atoms with Crippen molar-refractivity contribution in [2.24, 2.45) is 0 Å². The van der Waals surface area contributed by atoms with Crippen molar-refractivity contribution >= 4 is 23.6 Å². The maximum Gasteiger partial charge on any atom is 0.244 e. The van der Waals surface area contributed by atoms with Gasteiger partial charge in [-0.2, -0.15) is 0 Å². The molecule has 1 fully saturated rings. The molecular formula is C16H20N2O2. The SMILES string of the molecule is CC(C)NC(=O)/C=C/c1ccc(N2CCCC2=O)cc1. The lowest BCUT2D eigenvalue weighted by Crippen LogP contribution is -2.28. The molecule has 4 nitrogen and oxygen atoms in total. The molecule has 0 aromatic heterocycles. The third-order valence-corrected chi connectivity index (χ3v) is 3.14. The molecule has 0 radical (unpaired) electrons. The Morgan fingerprint density at radius 2 is 2.00 bits per heavy atom. The molecule has 1 heterocycles. The Hall–Kier alpha value is -2.10. The molecule has 2 rings (SSSR count). The number of carbonyl (C=O) groups is 2. The lowest BCUT2D eigenvalue weighted by molar-refractivity contribution is -0.117. The molecule has 1 aliphatic heterocycles. The Morgan fingerprint density at radius 1 is 1.30 bits per heavy atom. The lowest BCUT2D eigenvalue weighted by atomic mass is 10.2. The smallest absolute Gasteiger partial charge is 0.244 e. The van der Waals surface area contributed by atoms with Crippen LogP contribution in [0, 0.1) is 0 Å². The van der Waals surface area contributed by atoms with E-state index < -0.39 is 0 Å². The van der Waals surface area contributed by atoms with Crippen LogP contribution in [0.15, 0.2) is 30.3 Å². The monoisotopic (exact) mass is 272 g/mol. The second-order valence-electron chi connectivity index (χ2n) is 5.24. The number of anilines is 1. The average molecular weight is 272 g/mol. The van der Waals surface area contributed by atoms with Crippen molar-refractivity contribution < 1.29 is 9.59 Å². The van der Waals surface area contributed by atoms with E-state index in [-0.39, 0.29) is 17.9 Å². The highest BCUT2D eigenvalue weighted by Gasteiger charge is 2.21. The summed E-state index contributed by atoms with van der Waals surface area (Å²) in [7, 11) is 0. The number of nitrogens with zero attached hydrogens (tertiary/aromatic N) is 1. The number of hydrogen-bond acceptors (Lipinski definition) is 2. The van der Waals surface area contributed by atoms with E-state index in [0.717, 1.165) is 24.2 Å². The summed E-state index contributed by atoms with van der Waals surface area (Å²) in [5.74, 6) is 0.0865. The van der Waals surface area contributed by atoms with Gasteiger partial charge in [0.1, 0.15) is 0 Å². The summed E-state index contributed by atoms with van der Waals surface area (Å²) >= 11 is 0. The van der Waals surface area contributed by atoms with Crippen LogP contribution in [0.25, 0.3) is 6.08 Å². The van der Waals surface area contributed by atoms with Crippen LogP contribution in [0.4, 0.5) is 5.69 Å². The predicted molar refractivity (Wildman–Crippen MR) is 80.3 cm³/mol. The van der Waals surface area contributed by atoms with Gasteiger partial charge in [-0.1, -0.05) is 12.1 Å². The number of nitrogens with one attached hydrogen (secondary N) is 1. The first-order valence-electron chi connectivity index (χ1n) is 6.95. The van der Waals surface area contributed by atoms with Gasteiger partial charge in [0.05, 0.1) is 0 Å². The van der Waals surface area contributed by atoms with Crippen molar-refractivity contribution in [1.29, 1.82) is 0 Å². The van der Waals surface area contributed by atoms with E-state index in [0.29, 0.717) is 6.42 Å². The summed E-state index contributed by atoms with van der Waals surface area (Å²) in [6.07, 6.45) is 4.86. The Kier molecular flexibility index (Phi) is 4.56. The first-order valence-corrected chi connectivity index (χ1v) is 6.95. The fraction of sp³-hybridized carbons (Fsp3) is 0.375. The summed E-state index contributed by atoms with van der Waals surface area (Å²) < 4.78 is 0. The van der Waals surface area contributed by atoms with Crippen LogP contribution in [0.5, 0.6) is 0 Å². The van der Waals surface area contributed by atoms with Gasteiger partial charge in [-0.3, -0.25) is 9.59 Å². The molecule has 1 N–H and O–H groups in total. The van der Waals surface area contributed by atoms with E-state index in [1.807, 2.05) is 38.1 Å². The highest BCUT2D eigenvalue weighted by Crippen LogP contribution is 2.21. The van der Waals surface area contributed by atoms with Gasteiger partial charge in [-0.05, 0) is 44.0 Å².